The van der Waals surface area contributed by atoms with Crippen molar-refractivity contribution in [1.29, 1.82) is 0 Å². The monoisotopic (exact) mass is 283 g/mol. The summed E-state index contributed by atoms with van der Waals surface area (Å²) in [5, 5.41) is 2.86. The quantitative estimate of drug-likeness (QED) is 0.935. The molecule has 1 amide bonds. The van der Waals surface area contributed by atoms with Crippen LogP contribution in [-0.2, 0) is 11.4 Å². The number of hydrogen-bond donors (Lipinski definition) is 1. The molecule has 1 aliphatic rings. The van der Waals surface area contributed by atoms with Gasteiger partial charge in [-0.3, -0.25) is 4.79 Å². The van der Waals surface area contributed by atoms with E-state index in [4.69, 9.17) is 9.47 Å². The maximum absolute atomic E-state index is 11.8. The minimum Gasteiger partial charge on any atom is -0.485 e. The molecule has 0 aliphatic carbocycles. The SMILES string of the molecule is CCC1Oc2c(cccc2OCc2ccccc2)NC1=O. The van der Waals surface area contributed by atoms with E-state index in [9.17, 15) is 4.79 Å². The first-order valence-corrected chi connectivity index (χ1v) is 7.05. The molecule has 4 nitrogen and oxygen atoms in total. The van der Waals surface area contributed by atoms with E-state index in [1.54, 1.807) is 0 Å². The molecule has 1 unspecified atom stereocenters. The molecule has 1 aliphatic heterocycles. The number of amides is 1. The van der Waals surface area contributed by atoms with Crippen LogP contribution in [0.4, 0.5) is 5.69 Å². The predicted molar refractivity (Wildman–Crippen MR) is 80.6 cm³/mol. The van der Waals surface area contributed by atoms with Gasteiger partial charge in [0.05, 0.1) is 5.69 Å². The Hall–Kier alpha value is -2.49. The maximum atomic E-state index is 11.8. The molecule has 3 rings (SSSR count). The van der Waals surface area contributed by atoms with Crippen LogP contribution in [0.3, 0.4) is 0 Å². The van der Waals surface area contributed by atoms with Crippen molar-refractivity contribution in [3.05, 3.63) is 54.1 Å². The van der Waals surface area contributed by atoms with E-state index in [2.05, 4.69) is 5.32 Å². The summed E-state index contributed by atoms with van der Waals surface area (Å²) in [4.78, 5) is 11.8. The van der Waals surface area contributed by atoms with E-state index >= 15 is 0 Å². The second kappa shape index (κ2) is 5.87. The van der Waals surface area contributed by atoms with Gasteiger partial charge in [0.25, 0.3) is 5.91 Å². The number of anilines is 1. The molecular formula is C17H17NO3. The second-order valence-corrected chi connectivity index (χ2v) is 4.91. The van der Waals surface area contributed by atoms with Gasteiger partial charge in [0.1, 0.15) is 6.61 Å². The highest BCUT2D eigenvalue weighted by Crippen LogP contribution is 2.39. The molecule has 2 aromatic carbocycles. The minimum absolute atomic E-state index is 0.106. The summed E-state index contributed by atoms with van der Waals surface area (Å²) in [7, 11) is 0. The van der Waals surface area contributed by atoms with E-state index in [1.807, 2.05) is 55.5 Å². The van der Waals surface area contributed by atoms with Crippen molar-refractivity contribution >= 4 is 11.6 Å². The fourth-order valence-electron chi connectivity index (χ4n) is 2.26. The van der Waals surface area contributed by atoms with Gasteiger partial charge in [-0.15, -0.1) is 0 Å². The lowest BCUT2D eigenvalue weighted by Crippen LogP contribution is -2.36. The van der Waals surface area contributed by atoms with Crippen molar-refractivity contribution < 1.29 is 14.3 Å². The van der Waals surface area contributed by atoms with Crippen LogP contribution in [0.5, 0.6) is 11.5 Å². The molecular weight excluding hydrogens is 266 g/mol. The van der Waals surface area contributed by atoms with Gasteiger partial charge < -0.3 is 14.8 Å². The predicted octanol–water partition coefficient (Wildman–Crippen LogP) is 3.38. The van der Waals surface area contributed by atoms with Crippen LogP contribution in [0.15, 0.2) is 48.5 Å². The molecule has 0 bridgehead atoms. The van der Waals surface area contributed by atoms with Gasteiger partial charge in [-0.25, -0.2) is 0 Å². The summed E-state index contributed by atoms with van der Waals surface area (Å²) >= 11 is 0. The molecule has 1 N–H and O–H groups in total. The lowest BCUT2D eigenvalue weighted by molar-refractivity contribution is -0.123. The Bertz CT molecular complexity index is 640. The summed E-state index contributed by atoms with van der Waals surface area (Å²) in [6.07, 6.45) is 0.164. The first kappa shape index (κ1) is 13.5. The number of rotatable bonds is 4. The minimum atomic E-state index is -0.459. The molecule has 1 heterocycles. The molecule has 21 heavy (non-hydrogen) atoms. The number of carbonyl (C=O) groups excluding carboxylic acids is 1. The van der Waals surface area contributed by atoms with Crippen LogP contribution < -0.4 is 14.8 Å². The first-order chi connectivity index (χ1) is 10.3. The Morgan fingerprint density at radius 3 is 2.71 bits per heavy atom. The number of ether oxygens (including phenoxy) is 2. The van der Waals surface area contributed by atoms with Gasteiger partial charge in [-0.2, -0.15) is 0 Å². The average molecular weight is 283 g/mol. The van der Waals surface area contributed by atoms with Crippen molar-refractivity contribution in [2.75, 3.05) is 5.32 Å². The maximum Gasteiger partial charge on any atom is 0.265 e. The van der Waals surface area contributed by atoms with Crippen molar-refractivity contribution in [3.63, 3.8) is 0 Å². The van der Waals surface area contributed by atoms with Crippen LogP contribution in [0, 0.1) is 0 Å². The van der Waals surface area contributed by atoms with Crippen LogP contribution >= 0.6 is 0 Å². The zero-order valence-corrected chi connectivity index (χ0v) is 11.8. The summed E-state index contributed by atoms with van der Waals surface area (Å²) in [6.45, 7) is 2.38. The van der Waals surface area contributed by atoms with Gasteiger partial charge in [0.15, 0.2) is 17.6 Å². The van der Waals surface area contributed by atoms with E-state index in [0.717, 1.165) is 5.56 Å². The summed E-state index contributed by atoms with van der Waals surface area (Å²) < 4.78 is 11.6. The molecule has 0 aromatic heterocycles. The van der Waals surface area contributed by atoms with Gasteiger partial charge in [-0.05, 0) is 24.1 Å². The number of fused-ring (bicyclic) bond motifs is 1. The van der Waals surface area contributed by atoms with Crippen LogP contribution in [0.1, 0.15) is 18.9 Å². The molecule has 0 fully saturated rings. The average Bonchev–Trinajstić information content (AvgIpc) is 2.53. The van der Waals surface area contributed by atoms with Gasteiger partial charge in [0.2, 0.25) is 0 Å². The highest BCUT2D eigenvalue weighted by molar-refractivity contribution is 5.98. The summed E-state index contributed by atoms with van der Waals surface area (Å²) in [5.41, 5.74) is 1.75. The van der Waals surface area contributed by atoms with Gasteiger partial charge in [0, 0.05) is 0 Å². The number of para-hydroxylation sites is 1. The molecule has 0 radical (unpaired) electrons. The number of nitrogens with one attached hydrogen (secondary N) is 1. The molecule has 0 saturated heterocycles. The largest absolute Gasteiger partial charge is 0.485 e. The molecule has 2 aromatic rings. The Labute approximate surface area is 123 Å². The summed E-state index contributed by atoms with van der Waals surface area (Å²) in [5.74, 6) is 1.15. The molecule has 108 valence electrons. The third kappa shape index (κ3) is 2.84. The highest BCUT2D eigenvalue weighted by Gasteiger charge is 2.28. The smallest absolute Gasteiger partial charge is 0.265 e. The fraction of sp³-hybridized carbons (Fsp3) is 0.235. The van der Waals surface area contributed by atoms with Crippen LogP contribution in [-0.4, -0.2) is 12.0 Å². The lowest BCUT2D eigenvalue weighted by atomic mass is 10.1. The molecule has 1 atom stereocenters. The Morgan fingerprint density at radius 1 is 1.14 bits per heavy atom. The van der Waals surface area contributed by atoms with E-state index in [1.165, 1.54) is 0 Å². The Kier molecular flexibility index (Phi) is 3.77. The first-order valence-electron chi connectivity index (χ1n) is 7.05. The summed E-state index contributed by atoms with van der Waals surface area (Å²) in [6, 6.07) is 15.4. The number of carbonyl (C=O) groups is 1. The van der Waals surface area contributed by atoms with E-state index in [0.29, 0.717) is 30.2 Å². The standard InChI is InChI=1S/C17H17NO3/c1-2-14-17(19)18-13-9-6-10-15(16(13)21-14)20-11-12-7-4-3-5-8-12/h3-10,14H,2,11H2,1H3,(H,18,19). The van der Waals surface area contributed by atoms with E-state index in [-0.39, 0.29) is 5.91 Å². The van der Waals surface area contributed by atoms with Crippen LogP contribution in [0.25, 0.3) is 0 Å². The number of benzene rings is 2. The third-order valence-electron chi connectivity index (χ3n) is 3.40. The Morgan fingerprint density at radius 2 is 1.95 bits per heavy atom. The zero-order chi connectivity index (χ0) is 14.7. The fourth-order valence-corrected chi connectivity index (χ4v) is 2.26. The Balaban J connectivity index is 1.81. The highest BCUT2D eigenvalue weighted by atomic mass is 16.5. The molecule has 0 spiro atoms. The topological polar surface area (TPSA) is 47.6 Å². The van der Waals surface area contributed by atoms with Gasteiger partial charge in [-0.1, -0.05) is 43.3 Å². The molecule has 4 heteroatoms. The number of hydrogen-bond acceptors (Lipinski definition) is 3. The van der Waals surface area contributed by atoms with Crippen molar-refractivity contribution in [2.24, 2.45) is 0 Å². The molecule has 0 saturated carbocycles. The zero-order valence-electron chi connectivity index (χ0n) is 11.8. The van der Waals surface area contributed by atoms with E-state index < -0.39 is 6.10 Å². The van der Waals surface area contributed by atoms with Crippen molar-refractivity contribution in [2.45, 2.75) is 26.1 Å². The van der Waals surface area contributed by atoms with Crippen molar-refractivity contribution in [1.82, 2.24) is 0 Å². The third-order valence-corrected chi connectivity index (χ3v) is 3.40. The second-order valence-electron chi connectivity index (χ2n) is 4.91. The van der Waals surface area contributed by atoms with Crippen LogP contribution in [0.2, 0.25) is 0 Å². The lowest BCUT2D eigenvalue weighted by Gasteiger charge is -2.26. The van der Waals surface area contributed by atoms with Gasteiger partial charge >= 0.3 is 0 Å². The van der Waals surface area contributed by atoms with Crippen molar-refractivity contribution in [3.8, 4) is 11.5 Å². The normalized spacial score (nSPS) is 16.6.